The van der Waals surface area contributed by atoms with E-state index in [4.69, 9.17) is 0 Å². The van der Waals surface area contributed by atoms with Gasteiger partial charge in [-0.25, -0.2) is 0 Å². The number of nitrogens with one attached hydrogen (secondary N) is 1. The molecule has 1 N–H and O–H groups in total. The van der Waals surface area contributed by atoms with Gasteiger partial charge in [-0.05, 0) is 19.9 Å². The fraction of sp³-hybridized carbons (Fsp3) is 1.00. The molecule has 0 fully saturated rings. The van der Waals surface area contributed by atoms with Crippen LogP contribution in [0.5, 0.6) is 0 Å². The molecule has 0 aromatic carbocycles. The van der Waals surface area contributed by atoms with Gasteiger partial charge in [-0.1, -0.05) is 226 Å². The normalized spacial score (nSPS) is 12.4. The predicted molar refractivity (Wildman–Crippen MR) is 186 cm³/mol. The van der Waals surface area contributed by atoms with Crippen LogP contribution in [-0.2, 0) is 0 Å². The molecule has 1 unspecified atom stereocenters. The Morgan fingerprint density at radius 1 is 0.275 bits per heavy atom. The average molecular weight is 564 g/mol. The van der Waals surface area contributed by atoms with Crippen molar-refractivity contribution < 1.29 is 0 Å². The molecule has 0 aromatic heterocycles. The molecule has 0 heterocycles. The minimum Gasteiger partial charge on any atom is -0.317 e. The zero-order chi connectivity index (χ0) is 29.0. The molecule has 0 aliphatic heterocycles. The van der Waals surface area contributed by atoms with Gasteiger partial charge in [0.15, 0.2) is 0 Å². The number of rotatable bonds is 36. The number of unbranched alkanes of at least 4 members (excludes halogenated alkanes) is 31. The highest BCUT2D eigenvalue weighted by molar-refractivity contribution is 4.65. The second-order valence-electron chi connectivity index (χ2n) is 13.5. The lowest BCUT2D eigenvalue weighted by Crippen LogP contribution is -2.24. The molecule has 0 spiro atoms. The quantitative estimate of drug-likeness (QED) is 0.0747. The topological polar surface area (TPSA) is 12.0 Å². The summed E-state index contributed by atoms with van der Waals surface area (Å²) in [5.41, 5.74) is 0. The summed E-state index contributed by atoms with van der Waals surface area (Å²) >= 11 is 0. The van der Waals surface area contributed by atoms with Gasteiger partial charge in [0.2, 0.25) is 0 Å². The molecule has 1 atom stereocenters. The van der Waals surface area contributed by atoms with Crippen molar-refractivity contribution in [3.63, 3.8) is 0 Å². The van der Waals surface area contributed by atoms with Gasteiger partial charge < -0.3 is 5.32 Å². The lowest BCUT2D eigenvalue weighted by atomic mass is 9.99. The van der Waals surface area contributed by atoms with E-state index in [0.29, 0.717) is 0 Å². The lowest BCUT2D eigenvalue weighted by molar-refractivity contribution is 0.434. The van der Waals surface area contributed by atoms with E-state index in [-0.39, 0.29) is 0 Å². The number of hydrogen-bond acceptors (Lipinski definition) is 1. The number of hydrogen-bond donors (Lipinski definition) is 1. The Labute approximate surface area is 256 Å². The maximum Gasteiger partial charge on any atom is 0.00640 e. The summed E-state index contributed by atoms with van der Waals surface area (Å²) in [6.07, 6.45) is 51.2. The van der Waals surface area contributed by atoms with Gasteiger partial charge in [-0.15, -0.1) is 0 Å². The predicted octanol–water partition coefficient (Wildman–Crippen LogP) is 14.3. The molecule has 0 aliphatic carbocycles. The van der Waals surface area contributed by atoms with E-state index in [1.165, 1.54) is 225 Å². The van der Waals surface area contributed by atoms with Crippen LogP contribution >= 0.6 is 0 Å². The molecule has 0 bridgehead atoms. The van der Waals surface area contributed by atoms with Crippen LogP contribution in [0, 0.1) is 0 Å². The van der Waals surface area contributed by atoms with Gasteiger partial charge in [-0.3, -0.25) is 0 Å². The van der Waals surface area contributed by atoms with Gasteiger partial charge in [0.25, 0.3) is 0 Å². The molecule has 0 radical (unpaired) electrons. The van der Waals surface area contributed by atoms with E-state index in [2.05, 4.69) is 26.2 Å². The Morgan fingerprint density at radius 2 is 0.450 bits per heavy atom. The Kier molecular flexibility index (Phi) is 36.9. The van der Waals surface area contributed by atoms with E-state index >= 15 is 0 Å². The van der Waals surface area contributed by atoms with Gasteiger partial charge in [-0.2, -0.15) is 0 Å². The summed E-state index contributed by atoms with van der Waals surface area (Å²) in [5, 5.41) is 3.61. The highest BCUT2D eigenvalue weighted by Crippen LogP contribution is 2.17. The first-order chi connectivity index (χ1) is 19.8. The fourth-order valence-electron chi connectivity index (χ4n) is 6.49. The van der Waals surface area contributed by atoms with Crippen LogP contribution in [0.4, 0.5) is 0 Å². The zero-order valence-corrected chi connectivity index (χ0v) is 28.8. The molecule has 0 aliphatic rings. The van der Waals surface area contributed by atoms with Crippen LogP contribution in [0.25, 0.3) is 0 Å². The highest BCUT2D eigenvalue weighted by Gasteiger charge is 2.05. The second kappa shape index (κ2) is 37.0. The van der Waals surface area contributed by atoms with Crippen LogP contribution in [0.3, 0.4) is 0 Å². The van der Waals surface area contributed by atoms with E-state index < -0.39 is 0 Å². The van der Waals surface area contributed by atoms with Crippen molar-refractivity contribution in [2.45, 2.75) is 245 Å². The second-order valence-corrected chi connectivity index (χ2v) is 13.5. The van der Waals surface area contributed by atoms with Crippen LogP contribution < -0.4 is 5.32 Å². The Morgan fingerprint density at radius 3 is 0.625 bits per heavy atom. The van der Waals surface area contributed by atoms with Crippen molar-refractivity contribution in [2.75, 3.05) is 7.05 Å². The minimum absolute atomic E-state index is 0.767. The van der Waals surface area contributed by atoms with Crippen molar-refractivity contribution in [2.24, 2.45) is 0 Å². The molecular formula is C39H81N. The van der Waals surface area contributed by atoms with E-state index in [1.54, 1.807) is 0 Å². The Balaban J connectivity index is 3.24. The first-order valence-electron chi connectivity index (χ1n) is 19.5. The van der Waals surface area contributed by atoms with E-state index in [9.17, 15) is 0 Å². The maximum absolute atomic E-state index is 3.61. The minimum atomic E-state index is 0.767. The molecule has 40 heavy (non-hydrogen) atoms. The zero-order valence-electron chi connectivity index (χ0n) is 28.8. The van der Waals surface area contributed by atoms with Crippen LogP contribution in [0.1, 0.15) is 239 Å². The lowest BCUT2D eigenvalue weighted by Gasteiger charge is -2.16. The van der Waals surface area contributed by atoms with E-state index in [0.717, 1.165) is 6.04 Å². The van der Waals surface area contributed by atoms with Gasteiger partial charge in [0.05, 0.1) is 0 Å². The Hall–Kier alpha value is -0.0400. The van der Waals surface area contributed by atoms with E-state index in [1.807, 2.05) is 0 Å². The summed E-state index contributed by atoms with van der Waals surface area (Å²) in [4.78, 5) is 0. The molecule has 1 heteroatoms. The first-order valence-corrected chi connectivity index (χ1v) is 19.5. The van der Waals surface area contributed by atoms with Gasteiger partial charge >= 0.3 is 0 Å². The summed E-state index contributed by atoms with van der Waals surface area (Å²) in [6, 6.07) is 0.767. The monoisotopic (exact) mass is 564 g/mol. The molecule has 0 saturated heterocycles. The van der Waals surface area contributed by atoms with Crippen LogP contribution in [-0.4, -0.2) is 13.1 Å². The molecule has 0 rings (SSSR count). The third-order valence-corrected chi connectivity index (χ3v) is 9.47. The molecule has 1 nitrogen and oxygen atoms in total. The summed E-state index contributed by atoms with van der Waals surface area (Å²) < 4.78 is 0. The molecular weight excluding hydrogens is 482 g/mol. The third kappa shape index (κ3) is 34.2. The summed E-state index contributed by atoms with van der Waals surface area (Å²) in [5.74, 6) is 0. The van der Waals surface area contributed by atoms with Crippen LogP contribution in [0.15, 0.2) is 0 Å². The molecule has 0 saturated carbocycles. The SMILES string of the molecule is CCCCCCCCCCCCCCCCCCCC(CCCCCCCCCCCCCCCCCC)NC. The molecule has 0 aromatic rings. The summed E-state index contributed by atoms with van der Waals surface area (Å²) in [6.45, 7) is 4.62. The average Bonchev–Trinajstić information content (AvgIpc) is 2.97. The van der Waals surface area contributed by atoms with Gasteiger partial charge in [0.1, 0.15) is 0 Å². The maximum atomic E-state index is 3.61. The van der Waals surface area contributed by atoms with Crippen molar-refractivity contribution in [1.29, 1.82) is 0 Å². The largest absolute Gasteiger partial charge is 0.317 e. The van der Waals surface area contributed by atoms with Gasteiger partial charge in [0, 0.05) is 6.04 Å². The third-order valence-electron chi connectivity index (χ3n) is 9.47. The molecule has 0 amide bonds. The smallest absolute Gasteiger partial charge is 0.00640 e. The Bertz CT molecular complexity index is 419. The standard InChI is InChI=1S/C39H81N/c1-4-6-8-10-12-14-16-18-20-22-24-26-28-30-32-34-36-38-39(40-3)37-35-33-31-29-27-25-23-21-19-17-15-13-11-9-7-5-2/h39-40H,4-38H2,1-3H3. The van der Waals surface area contributed by atoms with Crippen molar-refractivity contribution >= 4 is 0 Å². The summed E-state index contributed by atoms with van der Waals surface area (Å²) in [7, 11) is 2.19. The van der Waals surface area contributed by atoms with Crippen molar-refractivity contribution in [3.05, 3.63) is 0 Å². The van der Waals surface area contributed by atoms with Crippen molar-refractivity contribution in [3.8, 4) is 0 Å². The highest BCUT2D eigenvalue weighted by atomic mass is 14.9. The molecule has 242 valence electrons. The fourth-order valence-corrected chi connectivity index (χ4v) is 6.49. The van der Waals surface area contributed by atoms with Crippen molar-refractivity contribution in [1.82, 2.24) is 5.32 Å². The van der Waals surface area contributed by atoms with Crippen LogP contribution in [0.2, 0.25) is 0 Å². The first kappa shape index (κ1) is 40.0.